The van der Waals surface area contributed by atoms with Crippen LogP contribution in [0.1, 0.15) is 11.1 Å². The zero-order chi connectivity index (χ0) is 27.4. The molecule has 0 amide bonds. The molecule has 0 atom stereocenters. The van der Waals surface area contributed by atoms with Crippen molar-refractivity contribution >= 4 is 22.2 Å². The van der Waals surface area contributed by atoms with Gasteiger partial charge in [0.1, 0.15) is 11.0 Å². The first-order valence-corrected chi connectivity index (χ1v) is 11.6. The molecule has 0 spiro atoms. The predicted molar refractivity (Wildman–Crippen MR) is 132 cm³/mol. The lowest BCUT2D eigenvalue weighted by molar-refractivity contribution is -0.288. The minimum absolute atomic E-state index is 0.0788. The molecule has 0 aliphatic carbocycles. The van der Waals surface area contributed by atoms with E-state index < -0.39 is 28.9 Å². The Bertz CT molecular complexity index is 1580. The molecule has 0 unspecified atom stereocenters. The molecule has 0 bridgehead atoms. The maximum absolute atomic E-state index is 14.6. The van der Waals surface area contributed by atoms with E-state index in [1.54, 1.807) is 48.5 Å². The molecular formula is C29H16F6N2O2. The standard InChI is InChI=1S/C29H16F6N2O2/c30-28(31,32)27(29(33,34)35,19-13-9-17(10-14-19)25-36-21-5-1-3-7-23(21)38-25)20-15-11-18(12-16-20)26-37-22-6-2-4-8-24(22)39-26/h1-16H. The van der Waals surface area contributed by atoms with Crippen molar-refractivity contribution < 1.29 is 35.2 Å². The molecule has 10 heteroatoms. The van der Waals surface area contributed by atoms with Gasteiger partial charge < -0.3 is 8.83 Å². The number of halogens is 6. The molecule has 0 aliphatic heterocycles. The van der Waals surface area contributed by atoms with E-state index in [1.165, 1.54) is 0 Å². The van der Waals surface area contributed by atoms with Crippen molar-refractivity contribution in [2.24, 2.45) is 0 Å². The Labute approximate surface area is 216 Å². The Morgan fingerprint density at radius 1 is 0.462 bits per heavy atom. The third-order valence-electron chi connectivity index (χ3n) is 6.57. The molecule has 0 aliphatic rings. The topological polar surface area (TPSA) is 52.1 Å². The number of para-hydroxylation sites is 4. The average molecular weight is 538 g/mol. The van der Waals surface area contributed by atoms with Gasteiger partial charge in [0.15, 0.2) is 11.2 Å². The summed E-state index contributed by atoms with van der Waals surface area (Å²) in [6.45, 7) is 0. The second-order valence-corrected chi connectivity index (χ2v) is 8.87. The Hall–Kier alpha value is -4.60. The van der Waals surface area contributed by atoms with Crippen LogP contribution in [0.5, 0.6) is 0 Å². The van der Waals surface area contributed by atoms with Crippen molar-refractivity contribution in [3.8, 4) is 22.9 Å². The van der Waals surface area contributed by atoms with Crippen molar-refractivity contribution in [2.45, 2.75) is 17.8 Å². The predicted octanol–water partition coefficient (Wildman–Crippen LogP) is 8.71. The van der Waals surface area contributed by atoms with Gasteiger partial charge in [0, 0.05) is 11.1 Å². The summed E-state index contributed by atoms with van der Waals surface area (Å²) in [6, 6.07) is 21.3. The van der Waals surface area contributed by atoms with Gasteiger partial charge in [-0.1, -0.05) is 48.5 Å². The van der Waals surface area contributed by atoms with Gasteiger partial charge in [-0.15, -0.1) is 0 Å². The van der Waals surface area contributed by atoms with Crippen LogP contribution in [-0.4, -0.2) is 22.3 Å². The number of benzene rings is 4. The molecular weight excluding hydrogens is 522 g/mol. The molecule has 4 nitrogen and oxygen atoms in total. The maximum atomic E-state index is 14.6. The normalized spacial score (nSPS) is 12.9. The van der Waals surface area contributed by atoms with E-state index in [0.717, 1.165) is 48.5 Å². The molecule has 0 saturated heterocycles. The lowest BCUT2D eigenvalue weighted by atomic mass is 9.72. The van der Waals surface area contributed by atoms with Crippen molar-refractivity contribution in [2.75, 3.05) is 0 Å². The number of oxazole rings is 2. The summed E-state index contributed by atoms with van der Waals surface area (Å²) >= 11 is 0. The van der Waals surface area contributed by atoms with Gasteiger partial charge in [0.25, 0.3) is 0 Å². The summed E-state index contributed by atoms with van der Waals surface area (Å²) in [4.78, 5) is 8.52. The van der Waals surface area contributed by atoms with Gasteiger partial charge in [-0.3, -0.25) is 0 Å². The molecule has 4 aromatic carbocycles. The minimum atomic E-state index is -5.72. The number of rotatable bonds is 4. The fourth-order valence-corrected chi connectivity index (χ4v) is 4.70. The molecule has 0 fully saturated rings. The fraction of sp³-hybridized carbons (Fsp3) is 0.103. The van der Waals surface area contributed by atoms with E-state index in [1.807, 2.05) is 0 Å². The van der Waals surface area contributed by atoms with Crippen LogP contribution in [0.15, 0.2) is 106 Å². The van der Waals surface area contributed by atoms with Crippen molar-refractivity contribution in [3.05, 3.63) is 108 Å². The number of fused-ring (bicyclic) bond motifs is 2. The Morgan fingerprint density at radius 3 is 1.15 bits per heavy atom. The smallest absolute Gasteiger partial charge is 0.411 e. The molecule has 6 aromatic rings. The van der Waals surface area contributed by atoms with E-state index >= 15 is 0 Å². The molecule has 0 saturated carbocycles. The highest BCUT2D eigenvalue weighted by Crippen LogP contribution is 2.56. The van der Waals surface area contributed by atoms with Gasteiger partial charge in [-0.05, 0) is 59.7 Å². The zero-order valence-corrected chi connectivity index (χ0v) is 19.7. The molecule has 2 heterocycles. The lowest BCUT2D eigenvalue weighted by Gasteiger charge is -2.38. The fourth-order valence-electron chi connectivity index (χ4n) is 4.70. The van der Waals surface area contributed by atoms with E-state index in [4.69, 9.17) is 8.83 Å². The van der Waals surface area contributed by atoms with Crippen LogP contribution < -0.4 is 0 Å². The van der Waals surface area contributed by atoms with Crippen LogP contribution in [0.4, 0.5) is 26.3 Å². The third-order valence-corrected chi connectivity index (χ3v) is 6.57. The highest BCUT2D eigenvalue weighted by molar-refractivity contribution is 5.77. The maximum Gasteiger partial charge on any atom is 0.411 e. The number of alkyl halides is 6. The molecule has 2 aromatic heterocycles. The van der Waals surface area contributed by atoms with Crippen LogP contribution >= 0.6 is 0 Å². The van der Waals surface area contributed by atoms with Gasteiger partial charge in [-0.2, -0.15) is 26.3 Å². The summed E-state index contributed by atoms with van der Waals surface area (Å²) in [5.74, 6) is 0.158. The first kappa shape index (κ1) is 24.7. The first-order chi connectivity index (χ1) is 18.6. The molecule has 39 heavy (non-hydrogen) atoms. The summed E-state index contributed by atoms with van der Waals surface area (Å²) in [5.41, 5.74) is -3.90. The summed E-state index contributed by atoms with van der Waals surface area (Å²) in [6.07, 6.45) is -11.4. The van der Waals surface area contributed by atoms with Crippen LogP contribution in [0.3, 0.4) is 0 Å². The summed E-state index contributed by atoms with van der Waals surface area (Å²) in [5, 5.41) is 0. The van der Waals surface area contributed by atoms with E-state index in [2.05, 4.69) is 9.97 Å². The summed E-state index contributed by atoms with van der Waals surface area (Å²) in [7, 11) is 0. The second kappa shape index (κ2) is 8.72. The van der Waals surface area contributed by atoms with Crippen LogP contribution in [0.2, 0.25) is 0 Å². The SMILES string of the molecule is FC(F)(F)C(c1ccc(-c2nc3ccccc3o2)cc1)(c1ccc(-c2nc3ccccc3o2)cc1)C(F)(F)F. The number of hydrogen-bond donors (Lipinski definition) is 0. The van der Waals surface area contributed by atoms with Crippen LogP contribution in [0, 0.1) is 0 Å². The molecule has 6 rings (SSSR count). The molecule has 0 radical (unpaired) electrons. The van der Waals surface area contributed by atoms with Crippen molar-refractivity contribution in [1.82, 2.24) is 9.97 Å². The Morgan fingerprint density at radius 2 is 0.821 bits per heavy atom. The highest BCUT2D eigenvalue weighted by atomic mass is 19.4. The first-order valence-electron chi connectivity index (χ1n) is 11.6. The van der Waals surface area contributed by atoms with Gasteiger partial charge in [0.2, 0.25) is 17.2 Å². The third kappa shape index (κ3) is 3.94. The summed E-state index contributed by atoms with van der Waals surface area (Å²) < 4.78 is 98.7. The number of nitrogens with zero attached hydrogens (tertiary/aromatic N) is 2. The van der Waals surface area contributed by atoms with E-state index in [9.17, 15) is 26.3 Å². The van der Waals surface area contributed by atoms with E-state index in [-0.39, 0.29) is 22.9 Å². The van der Waals surface area contributed by atoms with E-state index in [0.29, 0.717) is 22.2 Å². The lowest BCUT2D eigenvalue weighted by Crippen LogP contribution is -2.54. The van der Waals surface area contributed by atoms with Gasteiger partial charge >= 0.3 is 12.4 Å². The molecule has 0 N–H and O–H groups in total. The van der Waals surface area contributed by atoms with Crippen molar-refractivity contribution in [3.63, 3.8) is 0 Å². The minimum Gasteiger partial charge on any atom is -0.436 e. The highest BCUT2D eigenvalue weighted by Gasteiger charge is 2.72. The quantitative estimate of drug-likeness (QED) is 0.211. The largest absolute Gasteiger partial charge is 0.436 e. The zero-order valence-electron chi connectivity index (χ0n) is 19.7. The second-order valence-electron chi connectivity index (χ2n) is 8.87. The monoisotopic (exact) mass is 538 g/mol. The van der Waals surface area contributed by atoms with Crippen molar-refractivity contribution in [1.29, 1.82) is 0 Å². The molecule has 196 valence electrons. The van der Waals surface area contributed by atoms with Crippen LogP contribution in [-0.2, 0) is 5.41 Å². The average Bonchev–Trinajstić information content (AvgIpc) is 3.53. The Kier molecular flexibility index (Phi) is 5.53. The number of aromatic nitrogens is 2. The van der Waals surface area contributed by atoms with Crippen LogP contribution in [0.25, 0.3) is 45.1 Å². The van der Waals surface area contributed by atoms with Gasteiger partial charge in [0.05, 0.1) is 0 Å². The Balaban J connectivity index is 1.45. The van der Waals surface area contributed by atoms with Gasteiger partial charge in [-0.25, -0.2) is 9.97 Å². The number of hydrogen-bond acceptors (Lipinski definition) is 4.